The van der Waals surface area contributed by atoms with Crippen LogP contribution in [-0.4, -0.2) is 36.4 Å². The molecule has 0 aliphatic rings. The quantitative estimate of drug-likeness (QED) is 0.0450. The van der Waals surface area contributed by atoms with Gasteiger partial charge < -0.3 is 14.6 Å². The van der Waals surface area contributed by atoms with Crippen LogP contribution < -0.4 is 0 Å². The maximum atomic E-state index is 12.1. The second-order valence-electron chi connectivity index (χ2n) is 12.3. The van der Waals surface area contributed by atoms with E-state index in [9.17, 15) is 14.7 Å². The maximum absolute atomic E-state index is 12.1. The second kappa shape index (κ2) is 35.6. The molecule has 0 fully saturated rings. The Balaban J connectivity index is 3.61. The molecule has 0 radical (unpaired) electrons. The summed E-state index contributed by atoms with van der Waals surface area (Å²) in [5.41, 5.74) is 0. The molecule has 0 aromatic rings. The Bertz CT molecular complexity index is 711. The van der Waals surface area contributed by atoms with E-state index in [0.29, 0.717) is 12.8 Å². The molecule has 0 amide bonds. The van der Waals surface area contributed by atoms with Gasteiger partial charge in [-0.15, -0.1) is 0 Å². The van der Waals surface area contributed by atoms with Crippen molar-refractivity contribution in [1.82, 2.24) is 0 Å². The van der Waals surface area contributed by atoms with Crippen molar-refractivity contribution in [2.24, 2.45) is 0 Å². The second-order valence-corrected chi connectivity index (χ2v) is 12.3. The fourth-order valence-electron chi connectivity index (χ4n) is 5.05. The van der Waals surface area contributed by atoms with Crippen LogP contribution in [0.5, 0.6) is 0 Å². The molecule has 0 aromatic heterocycles. The Kier molecular flexibility index (Phi) is 34.1. The summed E-state index contributed by atoms with van der Waals surface area (Å²) in [6.45, 7) is 4.08. The summed E-state index contributed by atoms with van der Waals surface area (Å²) in [7, 11) is 0. The van der Waals surface area contributed by atoms with E-state index < -0.39 is 6.10 Å². The highest BCUT2D eigenvalue weighted by molar-refractivity contribution is 5.70. The smallest absolute Gasteiger partial charge is 0.306 e. The zero-order valence-electron chi connectivity index (χ0n) is 28.9. The van der Waals surface area contributed by atoms with Crippen LogP contribution in [0.2, 0.25) is 0 Å². The van der Waals surface area contributed by atoms with Crippen LogP contribution in [0.3, 0.4) is 0 Å². The largest absolute Gasteiger partial charge is 0.462 e. The monoisotopic (exact) mass is 619 g/mol. The molecular formula is C39H70O5. The molecule has 0 bridgehead atoms. The lowest BCUT2D eigenvalue weighted by molar-refractivity contribution is -0.161. The van der Waals surface area contributed by atoms with Crippen LogP contribution in [0, 0.1) is 0 Å². The van der Waals surface area contributed by atoms with Crippen molar-refractivity contribution < 1.29 is 24.2 Å². The Hall–Kier alpha value is -1.88. The van der Waals surface area contributed by atoms with Crippen molar-refractivity contribution in [2.45, 2.75) is 187 Å². The molecule has 1 N–H and O–H groups in total. The number of hydrogen-bond acceptors (Lipinski definition) is 5. The fraction of sp³-hybridized carbons (Fsp3) is 0.795. The molecule has 0 heterocycles. The predicted molar refractivity (Wildman–Crippen MR) is 187 cm³/mol. The normalized spacial score (nSPS) is 12.5. The molecule has 0 saturated carbocycles. The van der Waals surface area contributed by atoms with Gasteiger partial charge in [-0.2, -0.15) is 0 Å². The third-order valence-electron chi connectivity index (χ3n) is 7.91. The molecule has 0 aliphatic heterocycles. The summed E-state index contributed by atoms with van der Waals surface area (Å²) < 4.78 is 10.6. The summed E-state index contributed by atoms with van der Waals surface area (Å²) >= 11 is 0. The summed E-state index contributed by atoms with van der Waals surface area (Å²) in [5.74, 6) is -0.617. The minimum atomic E-state index is -0.779. The highest BCUT2D eigenvalue weighted by Gasteiger charge is 2.16. The van der Waals surface area contributed by atoms with Crippen LogP contribution in [0.15, 0.2) is 36.5 Å². The van der Waals surface area contributed by atoms with Crippen molar-refractivity contribution in [3.8, 4) is 0 Å². The number of carbonyl (C=O) groups excluding carboxylic acids is 2. The third kappa shape index (κ3) is 33.0. The number of aliphatic hydroxyl groups excluding tert-OH is 1. The lowest BCUT2D eigenvalue weighted by Gasteiger charge is -2.15. The number of aliphatic hydroxyl groups is 1. The van der Waals surface area contributed by atoms with Crippen molar-refractivity contribution in [1.29, 1.82) is 0 Å². The lowest BCUT2D eigenvalue weighted by Crippen LogP contribution is -2.28. The molecule has 5 heteroatoms. The molecule has 0 spiro atoms. The number of rotatable bonds is 33. The van der Waals surface area contributed by atoms with Gasteiger partial charge in [0.15, 0.2) is 6.10 Å². The summed E-state index contributed by atoms with van der Waals surface area (Å²) in [5, 5.41) is 9.53. The number of esters is 2. The van der Waals surface area contributed by atoms with Gasteiger partial charge in [-0.3, -0.25) is 9.59 Å². The lowest BCUT2D eigenvalue weighted by atomic mass is 10.1. The van der Waals surface area contributed by atoms with E-state index in [1.54, 1.807) is 0 Å². The standard InChI is InChI=1S/C39H70O5/c1-3-5-7-9-11-13-15-17-19-21-23-25-27-29-31-33-38(41)43-36-37(35-40)44-39(42)34-32-30-28-26-24-22-20-18-16-14-12-10-8-6-4-2/h12,14,17-20,37,40H,3-11,13,15-16,21-36H2,1-2H3. The average molecular weight is 619 g/mol. The first kappa shape index (κ1) is 42.1. The van der Waals surface area contributed by atoms with Gasteiger partial charge in [-0.1, -0.05) is 134 Å². The molecule has 1 atom stereocenters. The molecule has 0 aromatic carbocycles. The Morgan fingerprint density at radius 2 is 0.909 bits per heavy atom. The summed E-state index contributed by atoms with van der Waals surface area (Å²) in [4.78, 5) is 24.2. The van der Waals surface area contributed by atoms with Crippen LogP contribution in [0.25, 0.3) is 0 Å². The highest BCUT2D eigenvalue weighted by Crippen LogP contribution is 2.12. The maximum Gasteiger partial charge on any atom is 0.306 e. The zero-order valence-corrected chi connectivity index (χ0v) is 28.9. The van der Waals surface area contributed by atoms with Crippen molar-refractivity contribution in [3.05, 3.63) is 36.5 Å². The molecule has 44 heavy (non-hydrogen) atoms. The van der Waals surface area contributed by atoms with Crippen LogP contribution in [-0.2, 0) is 19.1 Å². The zero-order chi connectivity index (χ0) is 32.2. The SMILES string of the molecule is CCCCCC=CCC=CCCCCCCCC(=O)OC(CO)COC(=O)CCCCCCCC=CCCCCCCCC. The van der Waals surface area contributed by atoms with Gasteiger partial charge >= 0.3 is 11.9 Å². The molecular weight excluding hydrogens is 548 g/mol. The van der Waals surface area contributed by atoms with Gasteiger partial charge in [0.25, 0.3) is 0 Å². The Morgan fingerprint density at radius 3 is 1.41 bits per heavy atom. The highest BCUT2D eigenvalue weighted by atomic mass is 16.6. The van der Waals surface area contributed by atoms with E-state index in [1.807, 2.05) is 0 Å². The molecule has 0 rings (SSSR count). The first-order valence-corrected chi connectivity index (χ1v) is 18.5. The molecule has 5 nitrogen and oxygen atoms in total. The van der Waals surface area contributed by atoms with Crippen LogP contribution in [0.1, 0.15) is 181 Å². The van der Waals surface area contributed by atoms with E-state index in [1.165, 1.54) is 89.9 Å². The van der Waals surface area contributed by atoms with E-state index >= 15 is 0 Å². The van der Waals surface area contributed by atoms with Crippen LogP contribution >= 0.6 is 0 Å². The van der Waals surface area contributed by atoms with Gasteiger partial charge in [0.2, 0.25) is 0 Å². The van der Waals surface area contributed by atoms with Gasteiger partial charge in [0.1, 0.15) is 6.61 Å². The van der Waals surface area contributed by atoms with E-state index in [-0.39, 0.29) is 25.2 Å². The molecule has 256 valence electrons. The van der Waals surface area contributed by atoms with Gasteiger partial charge in [0, 0.05) is 12.8 Å². The van der Waals surface area contributed by atoms with Crippen molar-refractivity contribution in [3.63, 3.8) is 0 Å². The first-order chi connectivity index (χ1) is 21.6. The van der Waals surface area contributed by atoms with E-state index in [0.717, 1.165) is 64.2 Å². The molecule has 0 saturated heterocycles. The summed E-state index contributed by atoms with van der Waals surface area (Å²) in [6.07, 6.45) is 41.9. The molecule has 0 aliphatic carbocycles. The minimum Gasteiger partial charge on any atom is -0.462 e. The predicted octanol–water partition coefficient (Wildman–Crippen LogP) is 11.3. The van der Waals surface area contributed by atoms with Crippen LogP contribution in [0.4, 0.5) is 0 Å². The molecule has 1 unspecified atom stereocenters. The average Bonchev–Trinajstić information content (AvgIpc) is 3.02. The minimum absolute atomic E-state index is 0.0751. The summed E-state index contributed by atoms with van der Waals surface area (Å²) in [6, 6.07) is 0. The Morgan fingerprint density at radius 1 is 0.523 bits per heavy atom. The van der Waals surface area contributed by atoms with Gasteiger partial charge in [0.05, 0.1) is 6.61 Å². The number of ether oxygens (including phenoxy) is 2. The van der Waals surface area contributed by atoms with Crippen molar-refractivity contribution >= 4 is 11.9 Å². The van der Waals surface area contributed by atoms with E-state index in [4.69, 9.17) is 9.47 Å². The number of unbranched alkanes of at least 4 members (excludes halogenated alkanes) is 19. The number of hydrogen-bond donors (Lipinski definition) is 1. The third-order valence-corrected chi connectivity index (χ3v) is 7.91. The van der Waals surface area contributed by atoms with Crippen molar-refractivity contribution in [2.75, 3.05) is 13.2 Å². The van der Waals surface area contributed by atoms with Gasteiger partial charge in [-0.05, 0) is 70.6 Å². The number of allylic oxidation sites excluding steroid dienone is 6. The fourth-order valence-corrected chi connectivity index (χ4v) is 5.05. The number of carbonyl (C=O) groups is 2. The topological polar surface area (TPSA) is 72.8 Å². The van der Waals surface area contributed by atoms with Gasteiger partial charge in [-0.25, -0.2) is 0 Å². The van der Waals surface area contributed by atoms with E-state index in [2.05, 4.69) is 50.3 Å². The Labute approximate surface area is 272 Å². The first-order valence-electron chi connectivity index (χ1n) is 18.5.